The molecule has 0 aromatic heterocycles. The van der Waals surface area contributed by atoms with Gasteiger partial charge in [-0.05, 0) is 57.0 Å². The highest BCUT2D eigenvalue weighted by atomic mass is 16.5. The molecule has 1 aromatic rings. The highest BCUT2D eigenvalue weighted by Gasteiger charge is 2.10. The third kappa shape index (κ3) is 4.00. The lowest BCUT2D eigenvalue weighted by Crippen LogP contribution is -2.21. The van der Waals surface area contributed by atoms with Crippen molar-refractivity contribution < 1.29 is 9.84 Å². The molecular weight excluding hydrogens is 226 g/mol. The van der Waals surface area contributed by atoms with Gasteiger partial charge >= 0.3 is 0 Å². The minimum Gasteiger partial charge on any atom is -0.494 e. The zero-order chi connectivity index (χ0) is 12.8. The lowest BCUT2D eigenvalue weighted by molar-refractivity contribution is 0.198. The third-order valence-electron chi connectivity index (χ3n) is 3.43. The molecule has 1 aliphatic rings. The average Bonchev–Trinajstić information content (AvgIpc) is 2.88. The number of hydrogen-bond acceptors (Lipinski definition) is 3. The number of rotatable bonds is 6. The van der Waals surface area contributed by atoms with E-state index >= 15 is 0 Å². The highest BCUT2D eigenvalue weighted by molar-refractivity contribution is 5.29. The van der Waals surface area contributed by atoms with Crippen LogP contribution < -0.4 is 4.74 Å². The molecule has 3 heteroatoms. The first kappa shape index (κ1) is 13.4. The molecule has 2 rings (SSSR count). The largest absolute Gasteiger partial charge is 0.494 e. The maximum Gasteiger partial charge on any atom is 0.119 e. The van der Waals surface area contributed by atoms with Crippen LogP contribution in [0.3, 0.4) is 0 Å². The second-order valence-electron chi connectivity index (χ2n) is 5.00. The Morgan fingerprint density at radius 2 is 2.11 bits per heavy atom. The standard InChI is InChI=1S/C15H23NO2/c1-13(17)14-6-4-7-15(12-14)18-11-5-10-16-8-2-3-9-16/h4,6-7,12-13,17H,2-3,5,8-11H2,1H3/t13-/m1/s1. The summed E-state index contributed by atoms with van der Waals surface area (Å²) in [4.78, 5) is 2.50. The fraction of sp³-hybridized carbons (Fsp3) is 0.600. The van der Waals surface area contributed by atoms with Crippen molar-refractivity contribution in [1.29, 1.82) is 0 Å². The molecule has 1 N–H and O–H groups in total. The molecule has 0 unspecified atom stereocenters. The first-order chi connectivity index (χ1) is 8.75. The summed E-state index contributed by atoms with van der Waals surface area (Å²) in [5.41, 5.74) is 0.909. The van der Waals surface area contributed by atoms with Crippen molar-refractivity contribution in [1.82, 2.24) is 4.90 Å². The van der Waals surface area contributed by atoms with E-state index in [1.54, 1.807) is 6.92 Å². The van der Waals surface area contributed by atoms with Gasteiger partial charge in [-0.25, -0.2) is 0 Å². The van der Waals surface area contributed by atoms with Gasteiger partial charge in [-0.2, -0.15) is 0 Å². The van der Waals surface area contributed by atoms with Crippen LogP contribution in [-0.2, 0) is 0 Å². The molecule has 0 aliphatic carbocycles. The minimum atomic E-state index is -0.432. The molecule has 3 nitrogen and oxygen atoms in total. The van der Waals surface area contributed by atoms with Gasteiger partial charge in [-0.1, -0.05) is 12.1 Å². The first-order valence-electron chi connectivity index (χ1n) is 6.89. The Morgan fingerprint density at radius 3 is 2.83 bits per heavy atom. The fourth-order valence-corrected chi connectivity index (χ4v) is 2.35. The number of likely N-dealkylation sites (tertiary alicyclic amines) is 1. The Morgan fingerprint density at radius 1 is 1.33 bits per heavy atom. The third-order valence-corrected chi connectivity index (χ3v) is 3.43. The molecule has 18 heavy (non-hydrogen) atoms. The summed E-state index contributed by atoms with van der Waals surface area (Å²) in [6.45, 7) is 6.15. The predicted molar refractivity (Wildman–Crippen MR) is 72.9 cm³/mol. The van der Waals surface area contributed by atoms with Crippen LogP contribution in [0.5, 0.6) is 5.75 Å². The molecule has 1 saturated heterocycles. The molecule has 0 saturated carbocycles. The van der Waals surface area contributed by atoms with E-state index in [9.17, 15) is 5.11 Å². The maximum atomic E-state index is 9.50. The molecule has 1 atom stereocenters. The zero-order valence-corrected chi connectivity index (χ0v) is 11.1. The highest BCUT2D eigenvalue weighted by Crippen LogP contribution is 2.19. The molecule has 1 fully saturated rings. The topological polar surface area (TPSA) is 32.7 Å². The normalized spacial score (nSPS) is 17.9. The van der Waals surface area contributed by atoms with Crippen LogP contribution in [0.25, 0.3) is 0 Å². The maximum absolute atomic E-state index is 9.50. The number of aliphatic hydroxyl groups excluding tert-OH is 1. The van der Waals surface area contributed by atoms with Gasteiger partial charge in [0.1, 0.15) is 5.75 Å². The van der Waals surface area contributed by atoms with Gasteiger partial charge in [-0.3, -0.25) is 0 Å². The van der Waals surface area contributed by atoms with Gasteiger partial charge in [0.15, 0.2) is 0 Å². The van der Waals surface area contributed by atoms with Gasteiger partial charge < -0.3 is 14.7 Å². The molecule has 0 spiro atoms. The Balaban J connectivity index is 1.70. The second kappa shape index (κ2) is 6.76. The smallest absolute Gasteiger partial charge is 0.119 e. The van der Waals surface area contributed by atoms with Crippen molar-refractivity contribution in [3.8, 4) is 5.75 Å². The summed E-state index contributed by atoms with van der Waals surface area (Å²) in [5.74, 6) is 0.856. The minimum absolute atomic E-state index is 0.432. The van der Waals surface area contributed by atoms with Crippen molar-refractivity contribution in [2.24, 2.45) is 0 Å². The van der Waals surface area contributed by atoms with Crippen LogP contribution in [0, 0.1) is 0 Å². The number of hydrogen-bond donors (Lipinski definition) is 1. The van der Waals surface area contributed by atoms with Crippen molar-refractivity contribution in [2.45, 2.75) is 32.3 Å². The summed E-state index contributed by atoms with van der Waals surface area (Å²) in [6, 6.07) is 7.71. The first-order valence-corrected chi connectivity index (χ1v) is 6.89. The Labute approximate surface area is 109 Å². The van der Waals surface area contributed by atoms with E-state index in [1.807, 2.05) is 24.3 Å². The average molecular weight is 249 g/mol. The quantitative estimate of drug-likeness (QED) is 0.787. The van der Waals surface area contributed by atoms with Gasteiger partial charge in [0.2, 0.25) is 0 Å². The van der Waals surface area contributed by atoms with Crippen LogP contribution in [0.1, 0.15) is 37.9 Å². The molecule has 0 bridgehead atoms. The van der Waals surface area contributed by atoms with Crippen LogP contribution in [-0.4, -0.2) is 36.2 Å². The second-order valence-corrected chi connectivity index (χ2v) is 5.00. The molecule has 1 heterocycles. The number of ether oxygens (including phenoxy) is 1. The van der Waals surface area contributed by atoms with E-state index in [4.69, 9.17) is 4.74 Å². The molecule has 1 aromatic carbocycles. The predicted octanol–water partition coefficient (Wildman–Crippen LogP) is 2.60. The SMILES string of the molecule is C[C@@H](O)c1cccc(OCCCN2CCCC2)c1. The summed E-state index contributed by atoms with van der Waals surface area (Å²) in [6.07, 6.45) is 3.33. The summed E-state index contributed by atoms with van der Waals surface area (Å²) >= 11 is 0. The van der Waals surface area contributed by atoms with Gasteiger partial charge in [-0.15, -0.1) is 0 Å². The van der Waals surface area contributed by atoms with Gasteiger partial charge in [0, 0.05) is 6.54 Å². The van der Waals surface area contributed by atoms with Crippen LogP contribution >= 0.6 is 0 Å². The van der Waals surface area contributed by atoms with Crippen molar-refractivity contribution >= 4 is 0 Å². The molecule has 1 aliphatic heterocycles. The van der Waals surface area contributed by atoms with Crippen molar-refractivity contribution in [3.05, 3.63) is 29.8 Å². The van der Waals surface area contributed by atoms with E-state index in [0.29, 0.717) is 0 Å². The molecular formula is C15H23NO2. The van der Waals surface area contributed by atoms with Gasteiger partial charge in [0.25, 0.3) is 0 Å². The molecule has 100 valence electrons. The Bertz CT molecular complexity index is 359. The monoisotopic (exact) mass is 249 g/mol. The van der Waals surface area contributed by atoms with E-state index in [0.717, 1.165) is 30.9 Å². The van der Waals surface area contributed by atoms with Crippen molar-refractivity contribution in [2.75, 3.05) is 26.2 Å². The Hall–Kier alpha value is -1.06. The van der Waals surface area contributed by atoms with E-state index in [1.165, 1.54) is 25.9 Å². The van der Waals surface area contributed by atoms with E-state index in [-0.39, 0.29) is 0 Å². The summed E-state index contributed by atoms with van der Waals surface area (Å²) in [7, 11) is 0. The Kier molecular flexibility index (Phi) is 5.02. The summed E-state index contributed by atoms with van der Waals surface area (Å²) in [5, 5.41) is 9.50. The van der Waals surface area contributed by atoms with Crippen LogP contribution in [0.2, 0.25) is 0 Å². The summed E-state index contributed by atoms with van der Waals surface area (Å²) < 4.78 is 5.72. The van der Waals surface area contributed by atoms with Crippen molar-refractivity contribution in [3.63, 3.8) is 0 Å². The van der Waals surface area contributed by atoms with E-state index in [2.05, 4.69) is 4.90 Å². The lowest BCUT2D eigenvalue weighted by atomic mass is 10.1. The van der Waals surface area contributed by atoms with Gasteiger partial charge in [0.05, 0.1) is 12.7 Å². The lowest BCUT2D eigenvalue weighted by Gasteiger charge is -2.14. The number of benzene rings is 1. The van der Waals surface area contributed by atoms with E-state index < -0.39 is 6.10 Å². The van der Waals surface area contributed by atoms with Crippen LogP contribution in [0.4, 0.5) is 0 Å². The molecule has 0 amide bonds. The number of nitrogens with zero attached hydrogens (tertiary/aromatic N) is 1. The van der Waals surface area contributed by atoms with Crippen LogP contribution in [0.15, 0.2) is 24.3 Å². The fourth-order valence-electron chi connectivity index (χ4n) is 2.35. The number of aliphatic hydroxyl groups is 1. The molecule has 0 radical (unpaired) electrons. The zero-order valence-electron chi connectivity index (χ0n) is 11.1.